The lowest BCUT2D eigenvalue weighted by molar-refractivity contribution is -0.199. The Hall–Kier alpha value is -0.845. The largest absolute Gasteiger partial charge is 0.482 e. The minimum absolute atomic E-state index is 0.0567. The summed E-state index contributed by atoms with van der Waals surface area (Å²) in [6.45, 7) is 11.7. The highest BCUT2D eigenvalue weighted by Crippen LogP contribution is 2.65. The van der Waals surface area contributed by atoms with Crippen molar-refractivity contribution in [2.45, 2.75) is 76.6 Å². The van der Waals surface area contributed by atoms with E-state index >= 15 is 0 Å². The lowest BCUT2D eigenvalue weighted by Crippen LogP contribution is -2.65. The molecule has 6 heteroatoms. The minimum atomic E-state index is -0.381. The molecule has 0 spiro atoms. The van der Waals surface area contributed by atoms with Crippen molar-refractivity contribution in [3.05, 3.63) is 12.7 Å². The van der Waals surface area contributed by atoms with E-state index in [1.165, 1.54) is 6.42 Å². The topological polar surface area (TPSA) is 59.6 Å². The van der Waals surface area contributed by atoms with E-state index < -0.39 is 0 Å². The van der Waals surface area contributed by atoms with E-state index in [2.05, 4.69) is 38.0 Å². The quantitative estimate of drug-likeness (QED) is 0.591. The SMILES string of the molecule is C=CCC(NC(=O)C1CCCN1)B1OC2CC3CC(C3(C)C)C2(C)O1. The lowest BCUT2D eigenvalue weighted by Gasteiger charge is -2.64. The molecule has 6 unspecified atom stereocenters. The third-order valence-electron chi connectivity index (χ3n) is 7.42. The Labute approximate surface area is 151 Å². The molecule has 25 heavy (non-hydrogen) atoms. The van der Waals surface area contributed by atoms with Crippen molar-refractivity contribution in [3.63, 3.8) is 0 Å². The van der Waals surface area contributed by atoms with Crippen LogP contribution in [0.25, 0.3) is 0 Å². The van der Waals surface area contributed by atoms with Crippen LogP contribution < -0.4 is 10.6 Å². The van der Waals surface area contributed by atoms with Gasteiger partial charge in [-0.2, -0.15) is 0 Å². The van der Waals surface area contributed by atoms with Gasteiger partial charge < -0.3 is 19.9 Å². The molecule has 0 aromatic heterocycles. The maximum absolute atomic E-state index is 12.5. The number of hydrogen-bond donors (Lipinski definition) is 2. The molecule has 3 aliphatic carbocycles. The summed E-state index contributed by atoms with van der Waals surface area (Å²) in [7, 11) is -0.381. The van der Waals surface area contributed by atoms with Crippen LogP contribution in [0.15, 0.2) is 12.7 Å². The van der Waals surface area contributed by atoms with E-state index in [0.717, 1.165) is 31.7 Å². The van der Waals surface area contributed by atoms with Gasteiger partial charge in [0, 0.05) is 0 Å². The second-order valence-electron chi connectivity index (χ2n) is 9.13. The second-order valence-corrected chi connectivity index (χ2v) is 9.13. The number of carbonyl (C=O) groups excluding carboxylic acids is 1. The monoisotopic (exact) mass is 346 g/mol. The van der Waals surface area contributed by atoms with Crippen LogP contribution in [0.4, 0.5) is 0 Å². The normalized spacial score (nSPS) is 42.4. The lowest BCUT2D eigenvalue weighted by atomic mass is 9.43. The second kappa shape index (κ2) is 6.10. The van der Waals surface area contributed by atoms with Gasteiger partial charge in [0.1, 0.15) is 0 Å². The molecule has 2 aliphatic heterocycles. The number of amides is 1. The molecule has 0 radical (unpaired) electrons. The molecule has 1 amide bonds. The van der Waals surface area contributed by atoms with Crippen LogP contribution >= 0.6 is 0 Å². The zero-order chi connectivity index (χ0) is 17.8. The van der Waals surface area contributed by atoms with Gasteiger partial charge in [-0.05, 0) is 62.8 Å². The van der Waals surface area contributed by atoms with Crippen molar-refractivity contribution in [1.29, 1.82) is 0 Å². The average molecular weight is 346 g/mol. The molecule has 5 aliphatic rings. The fraction of sp³-hybridized carbons (Fsp3) is 0.842. The van der Waals surface area contributed by atoms with E-state index in [1.807, 2.05) is 6.08 Å². The highest BCUT2D eigenvalue weighted by atomic mass is 16.7. The molecule has 2 bridgehead atoms. The van der Waals surface area contributed by atoms with E-state index in [9.17, 15) is 4.79 Å². The van der Waals surface area contributed by atoms with E-state index in [0.29, 0.717) is 17.8 Å². The molecule has 0 aromatic rings. The number of hydrogen-bond acceptors (Lipinski definition) is 4. The number of rotatable bonds is 5. The molecule has 138 valence electrons. The predicted molar refractivity (Wildman–Crippen MR) is 97.9 cm³/mol. The maximum atomic E-state index is 12.5. The van der Waals surface area contributed by atoms with E-state index in [4.69, 9.17) is 9.31 Å². The first-order chi connectivity index (χ1) is 11.9. The molecule has 2 saturated heterocycles. The first-order valence-corrected chi connectivity index (χ1v) is 9.84. The van der Waals surface area contributed by atoms with Gasteiger partial charge in [0.15, 0.2) is 0 Å². The van der Waals surface area contributed by atoms with Gasteiger partial charge >= 0.3 is 7.12 Å². The predicted octanol–water partition coefficient (Wildman–Crippen LogP) is 2.07. The third kappa shape index (κ3) is 2.68. The molecule has 5 rings (SSSR count). The van der Waals surface area contributed by atoms with Crippen LogP contribution in [0, 0.1) is 17.3 Å². The van der Waals surface area contributed by atoms with Crippen molar-refractivity contribution in [1.82, 2.24) is 10.6 Å². The van der Waals surface area contributed by atoms with Gasteiger partial charge in [0.05, 0.1) is 23.7 Å². The standard InChI is InChI=1S/C19H31BN2O3/c1-5-7-16(22-17(23)13-8-6-9-21-13)20-24-15-11-12-10-14(18(12,2)3)19(15,4)25-20/h5,12-16,21H,1,6-11H2,2-4H3,(H,22,23). The summed E-state index contributed by atoms with van der Waals surface area (Å²) >= 11 is 0. The van der Waals surface area contributed by atoms with E-state index in [1.54, 1.807) is 0 Å². The highest BCUT2D eigenvalue weighted by molar-refractivity contribution is 6.48. The van der Waals surface area contributed by atoms with Crippen molar-refractivity contribution < 1.29 is 14.1 Å². The average Bonchev–Trinajstić information content (AvgIpc) is 3.20. The first kappa shape index (κ1) is 17.6. The summed E-state index contributed by atoms with van der Waals surface area (Å²) in [5.74, 6) is 1.15. The van der Waals surface area contributed by atoms with Gasteiger partial charge in [0.2, 0.25) is 5.91 Å². The molecular weight excluding hydrogens is 315 g/mol. The maximum Gasteiger partial charge on any atom is 0.482 e. The Morgan fingerprint density at radius 2 is 2.24 bits per heavy atom. The summed E-state index contributed by atoms with van der Waals surface area (Å²) in [5, 5.41) is 6.41. The zero-order valence-corrected chi connectivity index (χ0v) is 15.7. The fourth-order valence-electron chi connectivity index (χ4n) is 5.68. The van der Waals surface area contributed by atoms with E-state index in [-0.39, 0.29) is 36.7 Å². The Balaban J connectivity index is 1.46. The molecule has 5 nitrogen and oxygen atoms in total. The highest BCUT2D eigenvalue weighted by Gasteiger charge is 2.68. The molecule has 0 aromatic carbocycles. The Morgan fingerprint density at radius 3 is 2.88 bits per heavy atom. The summed E-state index contributed by atoms with van der Waals surface area (Å²) in [4.78, 5) is 12.5. The molecule has 5 fully saturated rings. The minimum Gasteiger partial charge on any atom is -0.404 e. The van der Waals surface area contributed by atoms with Gasteiger partial charge in [0.25, 0.3) is 0 Å². The summed E-state index contributed by atoms with van der Waals surface area (Å²) in [6, 6.07) is -0.0849. The van der Waals surface area contributed by atoms with Crippen LogP contribution in [0.5, 0.6) is 0 Å². The van der Waals surface area contributed by atoms with Gasteiger partial charge in [-0.3, -0.25) is 4.79 Å². The third-order valence-corrected chi connectivity index (χ3v) is 7.42. The number of carbonyl (C=O) groups is 1. The molecule has 2 N–H and O–H groups in total. The van der Waals surface area contributed by atoms with Crippen molar-refractivity contribution >= 4 is 13.0 Å². The van der Waals surface area contributed by atoms with Crippen molar-refractivity contribution in [3.8, 4) is 0 Å². The van der Waals surface area contributed by atoms with Crippen LogP contribution in [0.1, 0.15) is 52.9 Å². The van der Waals surface area contributed by atoms with Crippen LogP contribution in [0.3, 0.4) is 0 Å². The zero-order valence-electron chi connectivity index (χ0n) is 15.7. The summed E-state index contributed by atoms with van der Waals surface area (Å²) < 4.78 is 12.8. The molecular formula is C19H31BN2O3. The summed E-state index contributed by atoms with van der Waals surface area (Å²) in [6.07, 6.45) is 6.90. The number of nitrogens with one attached hydrogen (secondary N) is 2. The molecule has 6 atom stereocenters. The first-order valence-electron chi connectivity index (χ1n) is 9.84. The molecule has 2 heterocycles. The van der Waals surface area contributed by atoms with Crippen LogP contribution in [-0.4, -0.2) is 43.3 Å². The Kier molecular flexibility index (Phi) is 4.29. The smallest absolute Gasteiger partial charge is 0.404 e. The van der Waals surface area contributed by atoms with Crippen molar-refractivity contribution in [2.75, 3.05) is 6.54 Å². The van der Waals surface area contributed by atoms with Crippen LogP contribution in [0.2, 0.25) is 0 Å². The van der Waals surface area contributed by atoms with Gasteiger partial charge in [-0.1, -0.05) is 19.9 Å². The van der Waals surface area contributed by atoms with Gasteiger partial charge in [-0.15, -0.1) is 6.58 Å². The molecule has 3 saturated carbocycles. The Morgan fingerprint density at radius 1 is 1.44 bits per heavy atom. The van der Waals surface area contributed by atoms with Crippen molar-refractivity contribution in [2.24, 2.45) is 17.3 Å². The van der Waals surface area contributed by atoms with Crippen LogP contribution in [-0.2, 0) is 14.1 Å². The fourth-order valence-corrected chi connectivity index (χ4v) is 5.68. The van der Waals surface area contributed by atoms with Gasteiger partial charge in [-0.25, -0.2) is 0 Å². The Bertz CT molecular complexity index is 563. The summed E-state index contributed by atoms with van der Waals surface area (Å²) in [5.41, 5.74) is 0.0904.